The SMILES string of the molecule is O=S(=O)(Cl)CCCOCC1CCOCC1. The van der Waals surface area contributed by atoms with E-state index in [4.69, 9.17) is 20.2 Å². The predicted octanol–water partition coefficient (Wildman–Crippen LogP) is 1.39. The first-order valence-corrected chi connectivity index (χ1v) is 7.63. The highest BCUT2D eigenvalue weighted by Crippen LogP contribution is 2.14. The Kier molecular flexibility index (Phi) is 5.89. The molecule has 90 valence electrons. The Hall–Kier alpha value is 0.160. The van der Waals surface area contributed by atoms with Crippen LogP contribution in [0.25, 0.3) is 0 Å². The third-order valence-electron chi connectivity index (χ3n) is 2.37. The van der Waals surface area contributed by atoms with Crippen molar-refractivity contribution in [1.29, 1.82) is 0 Å². The number of rotatable bonds is 6. The zero-order chi connectivity index (χ0) is 11.1. The van der Waals surface area contributed by atoms with Crippen LogP contribution in [0, 0.1) is 5.92 Å². The van der Waals surface area contributed by atoms with Crippen LogP contribution in [0.4, 0.5) is 0 Å². The summed E-state index contributed by atoms with van der Waals surface area (Å²) in [7, 11) is 1.70. The van der Waals surface area contributed by atoms with Crippen LogP contribution in [0.3, 0.4) is 0 Å². The van der Waals surface area contributed by atoms with Crippen molar-refractivity contribution in [1.82, 2.24) is 0 Å². The second-order valence-electron chi connectivity index (χ2n) is 3.73. The van der Waals surface area contributed by atoms with Gasteiger partial charge in [-0.05, 0) is 25.2 Å². The van der Waals surface area contributed by atoms with Gasteiger partial charge < -0.3 is 9.47 Å². The molecule has 0 atom stereocenters. The molecule has 4 nitrogen and oxygen atoms in total. The van der Waals surface area contributed by atoms with Crippen LogP contribution in [-0.4, -0.2) is 40.6 Å². The molecule has 1 rings (SSSR count). The smallest absolute Gasteiger partial charge is 0.232 e. The molecule has 0 aromatic rings. The van der Waals surface area contributed by atoms with E-state index in [1.165, 1.54) is 0 Å². The standard InChI is InChI=1S/C9H17ClO4S/c10-15(11,12)7-1-4-14-8-9-2-5-13-6-3-9/h9H,1-8H2. The van der Waals surface area contributed by atoms with Crippen molar-refractivity contribution in [2.24, 2.45) is 5.92 Å². The fourth-order valence-electron chi connectivity index (χ4n) is 1.50. The molecule has 0 radical (unpaired) electrons. The van der Waals surface area contributed by atoms with Gasteiger partial charge in [0.2, 0.25) is 9.05 Å². The topological polar surface area (TPSA) is 52.6 Å². The minimum atomic E-state index is -3.36. The number of hydrogen-bond donors (Lipinski definition) is 0. The van der Waals surface area contributed by atoms with E-state index in [-0.39, 0.29) is 5.75 Å². The molecular formula is C9H17ClO4S. The molecule has 0 aromatic carbocycles. The summed E-state index contributed by atoms with van der Waals surface area (Å²) in [6, 6.07) is 0. The Morgan fingerprint density at radius 1 is 1.33 bits per heavy atom. The van der Waals surface area contributed by atoms with Crippen LogP contribution in [-0.2, 0) is 18.5 Å². The average molecular weight is 257 g/mol. The minimum Gasteiger partial charge on any atom is -0.381 e. The van der Waals surface area contributed by atoms with Crippen LogP contribution in [0.15, 0.2) is 0 Å². The number of hydrogen-bond acceptors (Lipinski definition) is 4. The summed E-state index contributed by atoms with van der Waals surface area (Å²) in [6.07, 6.45) is 2.54. The summed E-state index contributed by atoms with van der Waals surface area (Å²) in [5.74, 6) is 0.550. The summed E-state index contributed by atoms with van der Waals surface area (Å²) < 4.78 is 31.8. The van der Waals surface area contributed by atoms with Crippen LogP contribution in [0.2, 0.25) is 0 Å². The molecule has 1 aliphatic heterocycles. The van der Waals surface area contributed by atoms with Gasteiger partial charge in [0.05, 0.1) is 5.75 Å². The van der Waals surface area contributed by atoms with E-state index in [1.807, 2.05) is 0 Å². The molecule has 1 fully saturated rings. The molecule has 0 saturated carbocycles. The van der Waals surface area contributed by atoms with Gasteiger partial charge in [-0.25, -0.2) is 8.42 Å². The Morgan fingerprint density at radius 3 is 2.60 bits per heavy atom. The van der Waals surface area contributed by atoms with Gasteiger partial charge >= 0.3 is 0 Å². The van der Waals surface area contributed by atoms with E-state index in [1.54, 1.807) is 0 Å². The molecule has 0 aromatic heterocycles. The zero-order valence-corrected chi connectivity index (χ0v) is 10.2. The van der Waals surface area contributed by atoms with Gasteiger partial charge in [-0.15, -0.1) is 0 Å². The van der Waals surface area contributed by atoms with Gasteiger partial charge in [-0.2, -0.15) is 0 Å². The van der Waals surface area contributed by atoms with Crippen LogP contribution < -0.4 is 0 Å². The Bertz CT molecular complexity index is 259. The summed E-state index contributed by atoms with van der Waals surface area (Å²) in [6.45, 7) is 2.78. The summed E-state index contributed by atoms with van der Waals surface area (Å²) in [5.41, 5.74) is 0. The molecule has 1 saturated heterocycles. The van der Waals surface area contributed by atoms with E-state index < -0.39 is 9.05 Å². The average Bonchev–Trinajstić information content (AvgIpc) is 2.17. The van der Waals surface area contributed by atoms with Crippen molar-refractivity contribution in [3.63, 3.8) is 0 Å². The van der Waals surface area contributed by atoms with Gasteiger partial charge in [-0.3, -0.25) is 0 Å². The highest BCUT2D eigenvalue weighted by Gasteiger charge is 2.13. The fourth-order valence-corrected chi connectivity index (χ4v) is 2.29. The van der Waals surface area contributed by atoms with E-state index >= 15 is 0 Å². The molecule has 0 unspecified atom stereocenters. The van der Waals surface area contributed by atoms with Crippen molar-refractivity contribution in [2.75, 3.05) is 32.2 Å². The Morgan fingerprint density at radius 2 is 2.00 bits per heavy atom. The first-order valence-electron chi connectivity index (χ1n) is 5.16. The quantitative estimate of drug-likeness (QED) is 0.532. The Balaban J connectivity index is 1.96. The highest BCUT2D eigenvalue weighted by molar-refractivity contribution is 8.13. The Labute approximate surface area is 95.3 Å². The van der Waals surface area contributed by atoms with Crippen molar-refractivity contribution >= 4 is 19.7 Å². The molecule has 0 bridgehead atoms. The summed E-state index contributed by atoms with van der Waals surface area (Å²) >= 11 is 0. The maximum Gasteiger partial charge on any atom is 0.232 e. The largest absolute Gasteiger partial charge is 0.381 e. The number of halogens is 1. The monoisotopic (exact) mass is 256 g/mol. The zero-order valence-electron chi connectivity index (χ0n) is 8.65. The van der Waals surface area contributed by atoms with Gasteiger partial charge in [0, 0.05) is 37.1 Å². The summed E-state index contributed by atoms with van der Waals surface area (Å²) in [4.78, 5) is 0. The molecule has 0 amide bonds. The second kappa shape index (κ2) is 6.68. The summed E-state index contributed by atoms with van der Waals surface area (Å²) in [5, 5.41) is 0. The lowest BCUT2D eigenvalue weighted by molar-refractivity contribution is 0.0209. The first-order chi connectivity index (χ1) is 7.08. The molecule has 1 heterocycles. The van der Waals surface area contributed by atoms with Gasteiger partial charge in [0.1, 0.15) is 0 Å². The third kappa shape index (κ3) is 7.11. The third-order valence-corrected chi connectivity index (χ3v) is 3.61. The molecule has 1 aliphatic rings. The van der Waals surface area contributed by atoms with E-state index in [2.05, 4.69) is 0 Å². The van der Waals surface area contributed by atoms with Crippen molar-refractivity contribution in [2.45, 2.75) is 19.3 Å². The molecule has 0 aliphatic carbocycles. The van der Waals surface area contributed by atoms with E-state index in [0.717, 1.165) is 26.1 Å². The fraction of sp³-hybridized carbons (Fsp3) is 1.00. The maximum absolute atomic E-state index is 10.6. The van der Waals surface area contributed by atoms with Crippen LogP contribution in [0.1, 0.15) is 19.3 Å². The molecule has 6 heteroatoms. The van der Waals surface area contributed by atoms with Crippen molar-refractivity contribution in [3.8, 4) is 0 Å². The van der Waals surface area contributed by atoms with Gasteiger partial charge in [0.25, 0.3) is 0 Å². The highest BCUT2D eigenvalue weighted by atomic mass is 35.7. The van der Waals surface area contributed by atoms with Crippen LogP contribution >= 0.6 is 10.7 Å². The molecular weight excluding hydrogens is 240 g/mol. The lowest BCUT2D eigenvalue weighted by Gasteiger charge is -2.21. The maximum atomic E-state index is 10.6. The number of ether oxygens (including phenoxy) is 2. The van der Waals surface area contributed by atoms with Gasteiger partial charge in [-0.1, -0.05) is 0 Å². The predicted molar refractivity (Wildman–Crippen MR) is 58.6 cm³/mol. The van der Waals surface area contributed by atoms with Crippen LogP contribution in [0.5, 0.6) is 0 Å². The minimum absolute atomic E-state index is 0.0116. The normalized spacial score (nSPS) is 19.3. The second-order valence-corrected chi connectivity index (χ2v) is 6.62. The lowest BCUT2D eigenvalue weighted by Crippen LogP contribution is -2.20. The van der Waals surface area contributed by atoms with Gasteiger partial charge in [0.15, 0.2) is 0 Å². The molecule has 15 heavy (non-hydrogen) atoms. The molecule has 0 N–H and O–H groups in total. The first kappa shape index (κ1) is 13.2. The van der Waals surface area contributed by atoms with E-state index in [0.29, 0.717) is 25.6 Å². The molecule has 0 spiro atoms. The lowest BCUT2D eigenvalue weighted by atomic mass is 10.0. The van der Waals surface area contributed by atoms with Crippen molar-refractivity contribution < 1.29 is 17.9 Å². The van der Waals surface area contributed by atoms with E-state index in [9.17, 15) is 8.42 Å². The van der Waals surface area contributed by atoms with Crippen molar-refractivity contribution in [3.05, 3.63) is 0 Å².